The van der Waals surface area contributed by atoms with Crippen LogP contribution in [-0.2, 0) is 16.6 Å². The first-order valence-electron chi connectivity index (χ1n) is 8.97. The van der Waals surface area contributed by atoms with Gasteiger partial charge in [0.1, 0.15) is 5.82 Å². The fourth-order valence-corrected chi connectivity index (χ4v) is 4.43. The molecule has 2 aliphatic rings. The molecule has 1 saturated heterocycles. The Morgan fingerprint density at radius 1 is 1.27 bits per heavy atom. The summed E-state index contributed by atoms with van der Waals surface area (Å²) in [6.07, 6.45) is 3.67. The summed E-state index contributed by atoms with van der Waals surface area (Å²) in [5.74, 6) is 0.427. The van der Waals surface area contributed by atoms with E-state index in [1.807, 2.05) is 6.07 Å². The zero-order valence-corrected chi connectivity index (χ0v) is 15.2. The Balaban J connectivity index is 1.37. The summed E-state index contributed by atoms with van der Waals surface area (Å²) < 4.78 is 0. The zero-order chi connectivity index (χ0) is 18.1. The number of nitrogens with zero attached hydrogens (tertiary/aromatic N) is 2. The van der Waals surface area contributed by atoms with Crippen LogP contribution in [0.2, 0.25) is 5.02 Å². The molecule has 1 fully saturated rings. The molecule has 26 heavy (non-hydrogen) atoms. The lowest BCUT2D eigenvalue weighted by atomic mass is 9.72. The van der Waals surface area contributed by atoms with E-state index in [0.29, 0.717) is 17.4 Å². The molecule has 1 aliphatic carbocycles. The monoisotopic (exact) mass is 371 g/mol. The summed E-state index contributed by atoms with van der Waals surface area (Å²) in [6.45, 7) is 1.93. The Hall–Kier alpha value is -1.95. The van der Waals surface area contributed by atoms with Crippen LogP contribution in [-0.4, -0.2) is 46.6 Å². The summed E-state index contributed by atoms with van der Waals surface area (Å²) in [7, 11) is 0. The van der Waals surface area contributed by atoms with Crippen molar-refractivity contribution >= 4 is 23.3 Å². The Labute approximate surface area is 158 Å². The molecule has 0 bridgehead atoms. The van der Waals surface area contributed by atoms with E-state index in [4.69, 9.17) is 11.6 Å². The van der Waals surface area contributed by atoms with Crippen LogP contribution in [0.4, 0.5) is 5.82 Å². The number of piperidine rings is 1. The summed E-state index contributed by atoms with van der Waals surface area (Å²) in [6, 6.07) is 11.8. The maximum atomic E-state index is 12.3. The number of anilines is 1. The predicted octanol–water partition coefficient (Wildman–Crippen LogP) is 2.62. The van der Waals surface area contributed by atoms with Crippen LogP contribution in [0.1, 0.15) is 24.0 Å². The van der Waals surface area contributed by atoms with Gasteiger partial charge in [0.2, 0.25) is 5.91 Å². The number of fused-ring (bicyclic) bond motifs is 2. The normalized spacial score (nSPS) is 21.5. The molecule has 0 radical (unpaired) electrons. The number of aromatic nitrogens is 1. The van der Waals surface area contributed by atoms with E-state index < -0.39 is 0 Å². The molecule has 1 amide bonds. The van der Waals surface area contributed by atoms with Crippen molar-refractivity contribution in [3.63, 3.8) is 0 Å². The molecule has 2 N–H and O–H groups in total. The van der Waals surface area contributed by atoms with Crippen LogP contribution in [0.5, 0.6) is 0 Å². The average molecular weight is 372 g/mol. The van der Waals surface area contributed by atoms with E-state index in [1.165, 1.54) is 17.3 Å². The van der Waals surface area contributed by atoms with Gasteiger partial charge >= 0.3 is 0 Å². The number of pyridine rings is 1. The number of rotatable bonds is 3. The Kier molecular flexibility index (Phi) is 4.69. The molecule has 0 unspecified atom stereocenters. The van der Waals surface area contributed by atoms with Crippen molar-refractivity contribution in [3.05, 3.63) is 58.7 Å². The minimum Gasteiger partial charge on any atom is -0.392 e. The van der Waals surface area contributed by atoms with Crippen LogP contribution < -0.4 is 5.32 Å². The maximum Gasteiger partial charge on any atom is 0.239 e. The van der Waals surface area contributed by atoms with Gasteiger partial charge in [-0.25, -0.2) is 4.98 Å². The maximum absolute atomic E-state index is 12.3. The van der Waals surface area contributed by atoms with Gasteiger partial charge in [0.05, 0.1) is 17.7 Å². The molecule has 4 rings (SSSR count). The number of amides is 1. The lowest BCUT2D eigenvalue weighted by molar-refractivity contribution is -0.117. The standard InChI is InChI=1S/C20H22ClN3O2/c21-15-5-6-18(22-12-15)23-19(26)13-24-9-7-20(8-10-24)16-4-2-1-3-14(16)11-17(20)25/h1-6,12,17,25H,7-11,13H2,(H,22,23,26)/t17-/m0/s1. The van der Waals surface area contributed by atoms with Crippen molar-refractivity contribution in [2.75, 3.05) is 25.0 Å². The van der Waals surface area contributed by atoms with Crippen molar-refractivity contribution in [3.8, 4) is 0 Å². The van der Waals surface area contributed by atoms with Gasteiger partial charge in [0.25, 0.3) is 0 Å². The van der Waals surface area contributed by atoms with Crippen molar-refractivity contribution in [2.45, 2.75) is 30.8 Å². The molecule has 5 nitrogen and oxygen atoms in total. The minimum absolute atomic E-state index is 0.0804. The molecule has 1 aliphatic heterocycles. The number of aliphatic hydroxyl groups excluding tert-OH is 1. The third kappa shape index (κ3) is 3.22. The number of aliphatic hydroxyl groups is 1. The molecular weight excluding hydrogens is 350 g/mol. The topological polar surface area (TPSA) is 65.5 Å². The van der Waals surface area contributed by atoms with Crippen molar-refractivity contribution in [1.29, 1.82) is 0 Å². The first-order valence-corrected chi connectivity index (χ1v) is 9.35. The number of carbonyl (C=O) groups excluding carboxylic acids is 1. The van der Waals surface area contributed by atoms with E-state index in [0.717, 1.165) is 32.4 Å². The number of carbonyl (C=O) groups is 1. The second-order valence-electron chi connectivity index (χ2n) is 7.22. The van der Waals surface area contributed by atoms with Gasteiger partial charge in [-0.3, -0.25) is 9.69 Å². The third-order valence-electron chi connectivity index (χ3n) is 5.72. The van der Waals surface area contributed by atoms with E-state index in [9.17, 15) is 9.90 Å². The molecular formula is C20H22ClN3O2. The Bertz CT molecular complexity index is 801. The quantitative estimate of drug-likeness (QED) is 0.870. The smallest absolute Gasteiger partial charge is 0.239 e. The van der Waals surface area contributed by atoms with Crippen LogP contribution in [0.3, 0.4) is 0 Å². The number of benzene rings is 1. The number of nitrogens with one attached hydrogen (secondary N) is 1. The van der Waals surface area contributed by atoms with Gasteiger partial charge in [-0.2, -0.15) is 0 Å². The van der Waals surface area contributed by atoms with Crippen LogP contribution in [0.25, 0.3) is 0 Å². The molecule has 0 saturated carbocycles. The minimum atomic E-state index is -0.325. The van der Waals surface area contributed by atoms with Crippen LogP contribution in [0, 0.1) is 0 Å². The van der Waals surface area contributed by atoms with Crippen molar-refractivity contribution in [1.82, 2.24) is 9.88 Å². The largest absolute Gasteiger partial charge is 0.392 e. The first kappa shape index (κ1) is 17.5. The van der Waals surface area contributed by atoms with E-state index in [-0.39, 0.29) is 17.4 Å². The lowest BCUT2D eigenvalue weighted by Gasteiger charge is -2.42. The van der Waals surface area contributed by atoms with Gasteiger partial charge < -0.3 is 10.4 Å². The van der Waals surface area contributed by atoms with Gasteiger partial charge in [0, 0.05) is 11.6 Å². The summed E-state index contributed by atoms with van der Waals surface area (Å²) in [5.41, 5.74) is 2.41. The van der Waals surface area contributed by atoms with Crippen molar-refractivity contribution in [2.24, 2.45) is 0 Å². The highest BCUT2D eigenvalue weighted by Crippen LogP contribution is 2.46. The third-order valence-corrected chi connectivity index (χ3v) is 5.94. The molecule has 1 aromatic carbocycles. The molecule has 1 spiro atoms. The highest BCUT2D eigenvalue weighted by atomic mass is 35.5. The summed E-state index contributed by atoms with van der Waals surface area (Å²) in [5, 5.41) is 14.0. The molecule has 6 heteroatoms. The average Bonchev–Trinajstić information content (AvgIpc) is 2.91. The highest BCUT2D eigenvalue weighted by molar-refractivity contribution is 6.30. The fraction of sp³-hybridized carbons (Fsp3) is 0.400. The van der Waals surface area contributed by atoms with Gasteiger partial charge in [-0.15, -0.1) is 0 Å². The Morgan fingerprint density at radius 2 is 2.04 bits per heavy atom. The van der Waals surface area contributed by atoms with E-state index in [1.54, 1.807) is 12.1 Å². The molecule has 136 valence electrons. The van der Waals surface area contributed by atoms with Crippen LogP contribution in [0.15, 0.2) is 42.6 Å². The fourth-order valence-electron chi connectivity index (χ4n) is 4.32. The second-order valence-corrected chi connectivity index (χ2v) is 7.66. The number of hydrogen-bond acceptors (Lipinski definition) is 4. The second kappa shape index (κ2) is 6.99. The number of halogens is 1. The molecule has 2 heterocycles. The van der Waals surface area contributed by atoms with E-state index in [2.05, 4.69) is 33.4 Å². The van der Waals surface area contributed by atoms with Gasteiger partial charge in [0.15, 0.2) is 0 Å². The molecule has 2 aromatic rings. The zero-order valence-electron chi connectivity index (χ0n) is 14.5. The van der Waals surface area contributed by atoms with Gasteiger partial charge in [-0.05, 0) is 55.6 Å². The van der Waals surface area contributed by atoms with Gasteiger partial charge in [-0.1, -0.05) is 35.9 Å². The lowest BCUT2D eigenvalue weighted by Crippen LogP contribution is -2.49. The number of likely N-dealkylation sites (tertiary alicyclic amines) is 1. The van der Waals surface area contributed by atoms with Crippen molar-refractivity contribution < 1.29 is 9.90 Å². The molecule has 1 atom stereocenters. The predicted molar refractivity (Wildman–Crippen MR) is 101 cm³/mol. The highest BCUT2D eigenvalue weighted by Gasteiger charge is 2.47. The summed E-state index contributed by atoms with van der Waals surface area (Å²) >= 11 is 5.81. The number of hydrogen-bond donors (Lipinski definition) is 2. The Morgan fingerprint density at radius 3 is 2.77 bits per heavy atom. The first-order chi connectivity index (χ1) is 12.6. The summed E-state index contributed by atoms with van der Waals surface area (Å²) in [4.78, 5) is 18.5. The van der Waals surface area contributed by atoms with Crippen LogP contribution >= 0.6 is 11.6 Å². The molecule has 1 aromatic heterocycles. The SMILES string of the molecule is O=C(CN1CCC2(CC1)c1ccccc1C[C@@H]2O)Nc1ccc(Cl)cn1. The van der Waals surface area contributed by atoms with E-state index >= 15 is 0 Å².